The molecule has 1 atom stereocenters. The van der Waals surface area contributed by atoms with Gasteiger partial charge in [-0.05, 0) is 73.5 Å². The number of hydrogen-bond acceptors (Lipinski definition) is 3. The lowest BCUT2D eigenvalue weighted by Gasteiger charge is -2.21. The maximum atomic E-state index is 9.58. The molecule has 0 fully saturated rings. The number of nitrogens with zero attached hydrogens (tertiary/aromatic N) is 1. The molecule has 0 saturated heterocycles. The maximum Gasteiger partial charge on any atom is 0.0762 e. The quantitative estimate of drug-likeness (QED) is 0.777. The van der Waals surface area contributed by atoms with Gasteiger partial charge in [0.15, 0.2) is 0 Å². The van der Waals surface area contributed by atoms with Gasteiger partial charge in [-0.3, -0.25) is 0 Å². The third-order valence-corrected chi connectivity index (χ3v) is 5.10. The summed E-state index contributed by atoms with van der Waals surface area (Å²) < 4.78 is 2.15. The normalized spacial score (nSPS) is 12.5. The third-order valence-electron chi connectivity index (χ3n) is 2.91. The van der Waals surface area contributed by atoms with Crippen molar-refractivity contribution in [3.63, 3.8) is 0 Å². The van der Waals surface area contributed by atoms with Gasteiger partial charge >= 0.3 is 0 Å². The molecule has 0 saturated carbocycles. The minimum absolute atomic E-state index is 0.441. The van der Waals surface area contributed by atoms with E-state index in [0.717, 1.165) is 26.1 Å². The Morgan fingerprint density at radius 1 is 1.32 bits per heavy atom. The molecule has 102 valence electrons. The molecule has 2 aromatic rings. The molecule has 0 spiro atoms. The summed E-state index contributed by atoms with van der Waals surface area (Å²) in [6.07, 6.45) is -0.441. The van der Waals surface area contributed by atoms with Gasteiger partial charge < -0.3 is 10.0 Å². The van der Waals surface area contributed by atoms with Crippen molar-refractivity contribution in [2.24, 2.45) is 0 Å². The zero-order valence-corrected chi connectivity index (χ0v) is 14.7. The van der Waals surface area contributed by atoms with Crippen molar-refractivity contribution < 1.29 is 5.11 Å². The second kappa shape index (κ2) is 6.39. The van der Waals surface area contributed by atoms with Crippen molar-refractivity contribution in [1.82, 2.24) is 0 Å². The number of aliphatic hydroxyl groups excluding tert-OH is 1. The van der Waals surface area contributed by atoms with Gasteiger partial charge in [-0.15, -0.1) is 11.3 Å². The van der Waals surface area contributed by atoms with E-state index >= 15 is 0 Å². The molecule has 1 aromatic carbocycles. The van der Waals surface area contributed by atoms with Crippen LogP contribution in [0, 0.1) is 0 Å². The molecule has 19 heavy (non-hydrogen) atoms. The Morgan fingerprint density at radius 2 is 2.05 bits per heavy atom. The molecule has 5 heteroatoms. The highest BCUT2D eigenvalue weighted by Gasteiger charge is 2.10. The highest BCUT2D eigenvalue weighted by molar-refractivity contribution is 9.11. The van der Waals surface area contributed by atoms with Crippen LogP contribution < -0.4 is 4.90 Å². The Bertz CT molecular complexity index is 568. The molecule has 2 rings (SSSR count). The molecule has 1 N–H and O–H groups in total. The summed E-state index contributed by atoms with van der Waals surface area (Å²) in [5.74, 6) is 0. The third kappa shape index (κ3) is 3.81. The largest absolute Gasteiger partial charge is 0.389 e. The summed E-state index contributed by atoms with van der Waals surface area (Å²) in [5, 5.41) is 11.7. The van der Waals surface area contributed by atoms with Gasteiger partial charge in [0.2, 0.25) is 0 Å². The Kier molecular flexibility index (Phi) is 5.06. The second-order valence-corrected chi connectivity index (χ2v) is 7.65. The van der Waals surface area contributed by atoms with Crippen LogP contribution in [-0.2, 0) is 6.54 Å². The number of anilines is 1. The first-order valence-electron chi connectivity index (χ1n) is 5.89. The average molecular weight is 405 g/mol. The minimum atomic E-state index is -0.441. The number of aliphatic hydroxyl groups is 1. The Morgan fingerprint density at radius 3 is 2.58 bits per heavy atom. The molecule has 0 unspecified atom stereocenters. The van der Waals surface area contributed by atoms with Gasteiger partial charge in [0, 0.05) is 18.1 Å². The first-order valence-corrected chi connectivity index (χ1v) is 8.35. The number of thiophene rings is 1. The van der Waals surface area contributed by atoms with E-state index in [1.165, 1.54) is 5.56 Å². The van der Waals surface area contributed by atoms with E-state index in [-0.39, 0.29) is 0 Å². The molecule has 0 aliphatic rings. The first-order chi connectivity index (χ1) is 8.97. The molecule has 1 aromatic heterocycles. The van der Waals surface area contributed by atoms with Crippen LogP contribution in [0.15, 0.2) is 37.9 Å². The number of hydrogen-bond donors (Lipinski definition) is 1. The monoisotopic (exact) mass is 403 g/mol. The zero-order valence-electron chi connectivity index (χ0n) is 10.7. The van der Waals surface area contributed by atoms with E-state index < -0.39 is 6.10 Å². The van der Waals surface area contributed by atoms with Crippen molar-refractivity contribution in [3.8, 4) is 0 Å². The molecule has 0 aliphatic heterocycles. The van der Waals surface area contributed by atoms with Crippen LogP contribution in [0.3, 0.4) is 0 Å². The fourth-order valence-corrected chi connectivity index (χ4v) is 3.78. The molecule has 1 heterocycles. The Labute approximate surface area is 134 Å². The SMILES string of the molecule is C[C@H](O)c1ccc(N(C)Cc2csc(Br)c2)c(Br)c1. The Hall–Kier alpha value is -0.360. The van der Waals surface area contributed by atoms with Gasteiger partial charge in [0.25, 0.3) is 0 Å². The molecular weight excluding hydrogens is 390 g/mol. The van der Waals surface area contributed by atoms with Gasteiger partial charge in [0.05, 0.1) is 15.6 Å². The van der Waals surface area contributed by atoms with Crippen LogP contribution in [0.25, 0.3) is 0 Å². The van der Waals surface area contributed by atoms with E-state index in [0.29, 0.717) is 0 Å². The lowest BCUT2D eigenvalue weighted by Crippen LogP contribution is -2.16. The van der Waals surface area contributed by atoms with E-state index in [9.17, 15) is 5.11 Å². The molecule has 2 nitrogen and oxygen atoms in total. The molecule has 0 amide bonds. The van der Waals surface area contributed by atoms with E-state index in [1.807, 2.05) is 18.2 Å². The van der Waals surface area contributed by atoms with E-state index in [2.05, 4.69) is 55.3 Å². The predicted molar refractivity (Wildman–Crippen MR) is 88.9 cm³/mol. The first kappa shape index (κ1) is 15.0. The van der Waals surface area contributed by atoms with Crippen LogP contribution in [0.5, 0.6) is 0 Å². The summed E-state index contributed by atoms with van der Waals surface area (Å²) in [7, 11) is 2.06. The lowest BCUT2D eigenvalue weighted by molar-refractivity contribution is 0.199. The average Bonchev–Trinajstić information content (AvgIpc) is 2.74. The van der Waals surface area contributed by atoms with Crippen molar-refractivity contribution in [1.29, 1.82) is 0 Å². The molecular formula is C14H15Br2NOS. The molecule has 0 radical (unpaired) electrons. The van der Waals surface area contributed by atoms with Crippen molar-refractivity contribution >= 4 is 48.9 Å². The summed E-state index contributed by atoms with van der Waals surface area (Å²) in [5.41, 5.74) is 3.32. The summed E-state index contributed by atoms with van der Waals surface area (Å²) in [6, 6.07) is 8.11. The van der Waals surface area contributed by atoms with Crippen LogP contribution in [0.1, 0.15) is 24.2 Å². The summed E-state index contributed by atoms with van der Waals surface area (Å²) in [4.78, 5) is 2.18. The van der Waals surface area contributed by atoms with Crippen molar-refractivity contribution in [3.05, 3.63) is 49.0 Å². The van der Waals surface area contributed by atoms with Gasteiger partial charge in [-0.25, -0.2) is 0 Å². The van der Waals surface area contributed by atoms with Gasteiger partial charge in [-0.1, -0.05) is 6.07 Å². The summed E-state index contributed by atoms with van der Waals surface area (Å²) in [6.45, 7) is 2.63. The fraction of sp³-hybridized carbons (Fsp3) is 0.286. The maximum absolute atomic E-state index is 9.58. The fourth-order valence-electron chi connectivity index (χ4n) is 1.88. The predicted octanol–water partition coefficient (Wildman–Crippen LogP) is 4.96. The number of halogens is 2. The van der Waals surface area contributed by atoms with Gasteiger partial charge in [-0.2, -0.15) is 0 Å². The molecule has 0 bridgehead atoms. The number of benzene rings is 1. The smallest absolute Gasteiger partial charge is 0.0762 e. The highest BCUT2D eigenvalue weighted by atomic mass is 79.9. The van der Waals surface area contributed by atoms with Crippen LogP contribution in [0.2, 0.25) is 0 Å². The number of rotatable bonds is 4. The van der Waals surface area contributed by atoms with Crippen LogP contribution >= 0.6 is 43.2 Å². The highest BCUT2D eigenvalue weighted by Crippen LogP contribution is 2.30. The van der Waals surface area contributed by atoms with Crippen LogP contribution in [-0.4, -0.2) is 12.2 Å². The van der Waals surface area contributed by atoms with Gasteiger partial charge in [0.1, 0.15) is 0 Å². The standard InChI is InChI=1S/C14H15Br2NOS/c1-9(18)11-3-4-13(12(15)6-11)17(2)7-10-5-14(16)19-8-10/h3-6,8-9,18H,7H2,1-2H3/t9-/m0/s1. The minimum Gasteiger partial charge on any atom is -0.389 e. The topological polar surface area (TPSA) is 23.5 Å². The second-order valence-electron chi connectivity index (χ2n) is 4.50. The lowest BCUT2D eigenvalue weighted by atomic mass is 10.1. The molecule has 0 aliphatic carbocycles. The zero-order chi connectivity index (χ0) is 14.0. The van der Waals surface area contributed by atoms with E-state index in [4.69, 9.17) is 0 Å². The summed E-state index contributed by atoms with van der Waals surface area (Å²) >= 11 is 8.75. The van der Waals surface area contributed by atoms with Crippen LogP contribution in [0.4, 0.5) is 5.69 Å². The van der Waals surface area contributed by atoms with E-state index in [1.54, 1.807) is 18.3 Å². The Balaban J connectivity index is 2.17. The van der Waals surface area contributed by atoms with Crippen molar-refractivity contribution in [2.45, 2.75) is 19.6 Å². The van der Waals surface area contributed by atoms with Crippen molar-refractivity contribution in [2.75, 3.05) is 11.9 Å².